The summed E-state index contributed by atoms with van der Waals surface area (Å²) in [6.45, 7) is 7.56. The van der Waals surface area contributed by atoms with Crippen LogP contribution in [0.2, 0.25) is 0 Å². The van der Waals surface area contributed by atoms with Crippen molar-refractivity contribution in [3.63, 3.8) is 0 Å². The molecule has 1 unspecified atom stereocenters. The van der Waals surface area contributed by atoms with Crippen LogP contribution in [0.5, 0.6) is 0 Å². The van der Waals surface area contributed by atoms with Crippen LogP contribution in [0.15, 0.2) is 0 Å². The summed E-state index contributed by atoms with van der Waals surface area (Å²) in [5.41, 5.74) is 5.33. The number of nitrogens with zero attached hydrogens (tertiary/aromatic N) is 1. The Morgan fingerprint density at radius 2 is 1.65 bits per heavy atom. The van der Waals surface area contributed by atoms with E-state index >= 15 is 0 Å². The molecule has 1 atom stereocenters. The van der Waals surface area contributed by atoms with Crippen LogP contribution >= 0.6 is 0 Å². The van der Waals surface area contributed by atoms with E-state index in [1.807, 2.05) is 11.9 Å². The molecule has 2 nitrogen and oxygen atoms in total. The lowest BCUT2D eigenvalue weighted by molar-refractivity contribution is -0.178. The van der Waals surface area contributed by atoms with Gasteiger partial charge in [-0.15, -0.1) is 0 Å². The SMILES string of the molecule is CN(CCC(CCN)C(F)(F)F)CC(C)(C)C. The fraction of sp³-hybridized carbons (Fsp3) is 1.00. The van der Waals surface area contributed by atoms with E-state index in [9.17, 15) is 13.2 Å². The summed E-state index contributed by atoms with van der Waals surface area (Å²) >= 11 is 0. The Labute approximate surface area is 102 Å². The van der Waals surface area contributed by atoms with E-state index < -0.39 is 12.1 Å². The summed E-state index contributed by atoms with van der Waals surface area (Å²) in [6.07, 6.45) is -3.97. The molecule has 0 rings (SSSR count). The van der Waals surface area contributed by atoms with Crippen molar-refractivity contribution < 1.29 is 13.2 Å². The lowest BCUT2D eigenvalue weighted by Crippen LogP contribution is -2.34. The molecule has 0 amide bonds. The van der Waals surface area contributed by atoms with Gasteiger partial charge in [0.1, 0.15) is 0 Å². The first-order chi connectivity index (χ1) is 7.56. The Morgan fingerprint density at radius 1 is 1.12 bits per heavy atom. The molecule has 0 aromatic heterocycles. The molecule has 0 aliphatic rings. The van der Waals surface area contributed by atoms with Gasteiger partial charge in [-0.2, -0.15) is 13.2 Å². The van der Waals surface area contributed by atoms with Crippen LogP contribution in [0.4, 0.5) is 13.2 Å². The van der Waals surface area contributed by atoms with Crippen LogP contribution < -0.4 is 5.73 Å². The minimum Gasteiger partial charge on any atom is -0.330 e. The molecule has 0 heterocycles. The van der Waals surface area contributed by atoms with E-state index in [2.05, 4.69) is 20.8 Å². The fourth-order valence-corrected chi connectivity index (χ4v) is 1.94. The van der Waals surface area contributed by atoms with Crippen LogP contribution in [0, 0.1) is 11.3 Å². The lowest BCUT2D eigenvalue weighted by atomic mass is 9.95. The summed E-state index contributed by atoms with van der Waals surface area (Å²) in [7, 11) is 1.86. The number of halogens is 3. The third kappa shape index (κ3) is 8.44. The summed E-state index contributed by atoms with van der Waals surface area (Å²) in [4.78, 5) is 1.95. The molecule has 104 valence electrons. The first-order valence-corrected chi connectivity index (χ1v) is 6.01. The number of rotatable bonds is 6. The first kappa shape index (κ1) is 16.7. The van der Waals surface area contributed by atoms with Crippen LogP contribution in [0.1, 0.15) is 33.6 Å². The molecule has 0 aromatic rings. The molecule has 0 spiro atoms. The predicted octanol–water partition coefficient (Wildman–Crippen LogP) is 2.88. The molecule has 0 aliphatic heterocycles. The highest BCUT2D eigenvalue weighted by Gasteiger charge is 2.38. The Bertz CT molecular complexity index is 209. The second-order valence-electron chi connectivity index (χ2n) is 5.90. The topological polar surface area (TPSA) is 29.3 Å². The van der Waals surface area contributed by atoms with E-state index in [0.717, 1.165) is 6.54 Å². The fourth-order valence-electron chi connectivity index (χ4n) is 1.94. The summed E-state index contributed by atoms with van der Waals surface area (Å²) in [5, 5.41) is 0. The maximum atomic E-state index is 12.6. The van der Waals surface area contributed by atoms with Gasteiger partial charge in [0.2, 0.25) is 0 Å². The number of alkyl halides is 3. The highest BCUT2D eigenvalue weighted by atomic mass is 19.4. The molecule has 0 saturated heterocycles. The molecular formula is C12H25F3N2. The minimum atomic E-state index is -4.12. The maximum absolute atomic E-state index is 12.6. The number of hydrogen-bond donors (Lipinski definition) is 1. The van der Waals surface area contributed by atoms with Gasteiger partial charge in [0.25, 0.3) is 0 Å². The van der Waals surface area contributed by atoms with Crippen LogP contribution in [0.25, 0.3) is 0 Å². The largest absolute Gasteiger partial charge is 0.391 e. The third-order valence-electron chi connectivity index (χ3n) is 2.58. The van der Waals surface area contributed by atoms with Crippen molar-refractivity contribution in [2.45, 2.75) is 39.8 Å². The molecule has 5 heteroatoms. The van der Waals surface area contributed by atoms with E-state index in [-0.39, 0.29) is 24.8 Å². The quantitative estimate of drug-likeness (QED) is 0.789. The van der Waals surface area contributed by atoms with Crippen molar-refractivity contribution in [1.29, 1.82) is 0 Å². The molecule has 0 bridgehead atoms. The molecule has 0 aromatic carbocycles. The Kier molecular flexibility index (Phi) is 6.48. The predicted molar refractivity (Wildman–Crippen MR) is 64.8 cm³/mol. The molecule has 0 radical (unpaired) electrons. The highest BCUT2D eigenvalue weighted by molar-refractivity contribution is 4.72. The van der Waals surface area contributed by atoms with Crippen LogP contribution in [-0.2, 0) is 0 Å². The first-order valence-electron chi connectivity index (χ1n) is 6.01. The van der Waals surface area contributed by atoms with Crippen molar-refractivity contribution in [1.82, 2.24) is 4.90 Å². The van der Waals surface area contributed by atoms with Gasteiger partial charge in [0, 0.05) is 6.54 Å². The van der Waals surface area contributed by atoms with Crippen molar-refractivity contribution in [3.8, 4) is 0 Å². The van der Waals surface area contributed by atoms with Gasteiger partial charge < -0.3 is 10.6 Å². The van der Waals surface area contributed by atoms with E-state index in [1.54, 1.807) is 0 Å². The third-order valence-corrected chi connectivity index (χ3v) is 2.58. The summed E-state index contributed by atoms with van der Waals surface area (Å²) in [6, 6.07) is 0. The number of nitrogens with two attached hydrogens (primary N) is 1. The average molecular weight is 254 g/mol. The van der Waals surface area contributed by atoms with E-state index in [1.165, 1.54) is 0 Å². The second kappa shape index (κ2) is 6.59. The van der Waals surface area contributed by atoms with Crippen LogP contribution in [-0.4, -0.2) is 37.8 Å². The Hall–Kier alpha value is -0.290. The van der Waals surface area contributed by atoms with Gasteiger partial charge in [-0.05, 0) is 38.4 Å². The molecular weight excluding hydrogens is 229 g/mol. The van der Waals surface area contributed by atoms with Gasteiger partial charge in [-0.1, -0.05) is 20.8 Å². The lowest BCUT2D eigenvalue weighted by Gasteiger charge is -2.28. The number of hydrogen-bond acceptors (Lipinski definition) is 2. The monoisotopic (exact) mass is 254 g/mol. The summed E-state index contributed by atoms with van der Waals surface area (Å²) < 4.78 is 37.9. The normalized spacial score (nSPS) is 15.4. The molecule has 2 N–H and O–H groups in total. The smallest absolute Gasteiger partial charge is 0.330 e. The summed E-state index contributed by atoms with van der Waals surface area (Å²) in [5.74, 6) is -1.27. The standard InChI is InChI=1S/C12H25F3N2/c1-11(2,3)9-17(4)8-6-10(5-7-16)12(13,14)15/h10H,5-9,16H2,1-4H3. The van der Waals surface area contributed by atoms with E-state index in [4.69, 9.17) is 5.73 Å². The molecule has 17 heavy (non-hydrogen) atoms. The highest BCUT2D eigenvalue weighted by Crippen LogP contribution is 2.31. The van der Waals surface area contributed by atoms with Crippen LogP contribution in [0.3, 0.4) is 0 Å². The molecule has 0 aliphatic carbocycles. The maximum Gasteiger partial charge on any atom is 0.391 e. The van der Waals surface area contributed by atoms with Crippen molar-refractivity contribution >= 4 is 0 Å². The van der Waals surface area contributed by atoms with Gasteiger partial charge in [-0.25, -0.2) is 0 Å². The van der Waals surface area contributed by atoms with Crippen molar-refractivity contribution in [2.75, 3.05) is 26.7 Å². The van der Waals surface area contributed by atoms with Gasteiger partial charge in [0.15, 0.2) is 0 Å². The average Bonchev–Trinajstić information content (AvgIpc) is 2.07. The Balaban J connectivity index is 4.13. The molecule has 0 saturated carbocycles. The second-order valence-corrected chi connectivity index (χ2v) is 5.90. The van der Waals surface area contributed by atoms with Crippen molar-refractivity contribution in [3.05, 3.63) is 0 Å². The minimum absolute atomic E-state index is 0.0207. The zero-order valence-electron chi connectivity index (χ0n) is 11.3. The van der Waals surface area contributed by atoms with Crippen molar-refractivity contribution in [2.24, 2.45) is 17.1 Å². The van der Waals surface area contributed by atoms with Gasteiger partial charge in [-0.3, -0.25) is 0 Å². The van der Waals surface area contributed by atoms with Gasteiger partial charge in [0.05, 0.1) is 5.92 Å². The van der Waals surface area contributed by atoms with Gasteiger partial charge >= 0.3 is 6.18 Å². The zero-order valence-corrected chi connectivity index (χ0v) is 11.3. The Morgan fingerprint density at radius 3 is 2.00 bits per heavy atom. The zero-order chi connectivity index (χ0) is 13.7. The van der Waals surface area contributed by atoms with E-state index in [0.29, 0.717) is 6.54 Å². The molecule has 0 fully saturated rings.